The summed E-state index contributed by atoms with van der Waals surface area (Å²) < 4.78 is 0.673. The number of hydrogen-bond acceptors (Lipinski definition) is 15. The van der Waals surface area contributed by atoms with Crippen LogP contribution in [-0.2, 0) is 19.2 Å². The number of Topliss-reactive ketones (excluding diaryl/α,β-unsaturated/α-hetero) is 1. The largest absolute Gasteiger partial charge is 0.504 e. The van der Waals surface area contributed by atoms with Gasteiger partial charge in [-0.05, 0) is 31.2 Å². The first-order chi connectivity index (χ1) is 25.1. The minimum absolute atomic E-state index is 0.0504. The molecule has 53 heavy (non-hydrogen) atoms. The number of tetrazole rings is 1. The number of phenolic OH excluding ortho intramolecular Hbond substituents is 2. The Morgan fingerprint density at radius 2 is 1.96 bits per heavy atom. The number of aliphatic carboxylic acids is 1. The molecule has 0 bridgehead atoms. The van der Waals surface area contributed by atoms with Crippen molar-refractivity contribution >= 4 is 86.4 Å². The molecular formula is C31H35Cl2N10O8S2+. The lowest BCUT2D eigenvalue weighted by molar-refractivity contribution is -0.911. The fourth-order valence-corrected chi connectivity index (χ4v) is 9.04. The lowest BCUT2D eigenvalue weighted by atomic mass is 9.89. The summed E-state index contributed by atoms with van der Waals surface area (Å²) in [6, 6.07) is 2.42. The molecular weight excluding hydrogens is 775 g/mol. The second kappa shape index (κ2) is 15.1. The summed E-state index contributed by atoms with van der Waals surface area (Å²) in [6.07, 6.45) is 1.64. The Hall–Kier alpha value is -4.50. The van der Waals surface area contributed by atoms with Crippen molar-refractivity contribution in [3.8, 4) is 11.5 Å². The monoisotopic (exact) mass is 809 g/mol. The van der Waals surface area contributed by atoms with Crippen molar-refractivity contribution in [1.82, 2.24) is 35.8 Å². The Morgan fingerprint density at radius 3 is 2.58 bits per heavy atom. The number of carbonyl (C=O) groups is 4. The molecule has 22 heteroatoms. The van der Waals surface area contributed by atoms with E-state index >= 15 is 0 Å². The summed E-state index contributed by atoms with van der Waals surface area (Å²) in [5.74, 6) is -3.82. The number of ketones is 1. The number of quaternary nitrogens is 1. The number of nitrogens with two attached hydrogens (primary N) is 1. The van der Waals surface area contributed by atoms with E-state index in [2.05, 4.69) is 36.1 Å². The van der Waals surface area contributed by atoms with E-state index in [1.807, 2.05) is 0 Å². The van der Waals surface area contributed by atoms with Gasteiger partial charge in [0, 0.05) is 36.2 Å². The molecule has 7 N–H and O–H groups in total. The first kappa shape index (κ1) is 38.2. The van der Waals surface area contributed by atoms with Gasteiger partial charge < -0.3 is 35.7 Å². The topological polar surface area (TPSA) is 259 Å². The number of likely N-dealkylation sites (tertiary alicyclic amines) is 1. The van der Waals surface area contributed by atoms with Crippen molar-refractivity contribution in [1.29, 1.82) is 0 Å². The van der Waals surface area contributed by atoms with Crippen LogP contribution in [0.2, 0.25) is 9.36 Å². The fourth-order valence-electron chi connectivity index (χ4n) is 6.49. The Balaban J connectivity index is 1.20. The summed E-state index contributed by atoms with van der Waals surface area (Å²) in [4.78, 5) is 63.1. The average molecular weight is 811 g/mol. The average Bonchev–Trinajstić information content (AvgIpc) is 3.88. The number of thioether (sulfide) groups is 1. The minimum Gasteiger partial charge on any atom is -0.504 e. The van der Waals surface area contributed by atoms with Crippen LogP contribution in [0.3, 0.4) is 0 Å². The van der Waals surface area contributed by atoms with Gasteiger partial charge in [0.2, 0.25) is 17.3 Å². The van der Waals surface area contributed by atoms with Gasteiger partial charge in [-0.1, -0.05) is 39.7 Å². The molecule has 2 amide bonds. The number of thiazole rings is 1. The molecule has 3 aliphatic rings. The van der Waals surface area contributed by atoms with E-state index in [1.54, 1.807) is 4.90 Å². The zero-order valence-corrected chi connectivity index (χ0v) is 31.5. The van der Waals surface area contributed by atoms with Crippen LogP contribution in [0.1, 0.15) is 55.0 Å². The van der Waals surface area contributed by atoms with Crippen LogP contribution < -0.4 is 11.1 Å². The molecule has 0 radical (unpaired) electrons. The highest BCUT2D eigenvalue weighted by molar-refractivity contribution is 8.00. The second-order valence-corrected chi connectivity index (χ2v) is 16.5. The maximum Gasteiger partial charge on any atom is 0.350 e. The normalized spacial score (nSPS) is 19.9. The highest BCUT2D eigenvalue weighted by Gasteiger charge is 2.54. The lowest BCUT2D eigenvalue weighted by Crippen LogP contribution is -2.61. The predicted octanol–water partition coefficient (Wildman–Crippen LogP) is 2.48. The number of amides is 2. The van der Waals surface area contributed by atoms with Crippen LogP contribution in [-0.4, -0.2) is 129 Å². The second-order valence-electron chi connectivity index (χ2n) is 13.3. The number of nitrogen functional groups attached to an aromatic ring is 1. The van der Waals surface area contributed by atoms with Gasteiger partial charge in [-0.15, -0.1) is 22.0 Å². The van der Waals surface area contributed by atoms with Crippen molar-refractivity contribution in [3.63, 3.8) is 0 Å². The number of aromatic amines is 1. The molecule has 0 saturated carbocycles. The van der Waals surface area contributed by atoms with E-state index in [0.717, 1.165) is 48.9 Å². The summed E-state index contributed by atoms with van der Waals surface area (Å²) >= 11 is 14.6. The number of nitrogens with zero attached hydrogens (tertiary/aromatic N) is 7. The van der Waals surface area contributed by atoms with Gasteiger partial charge >= 0.3 is 5.97 Å². The van der Waals surface area contributed by atoms with Crippen molar-refractivity contribution in [2.45, 2.75) is 44.1 Å². The summed E-state index contributed by atoms with van der Waals surface area (Å²) in [5.41, 5.74) is 5.12. The SMILES string of the molecule is CC(C)(O/N=C(\C(=O)C[C@@H]1C(=O)N2C(c3nn[nH]n3)=C(C[N+]3(CCNC(=O)c4cc(O)c(O)c(Cl)c4)CCCC3)CS[C@H]12)c1nc(N)sc1Cl)C(=O)O. The number of halogens is 2. The Morgan fingerprint density at radius 1 is 1.23 bits per heavy atom. The van der Waals surface area contributed by atoms with E-state index < -0.39 is 46.1 Å². The zero-order valence-electron chi connectivity index (χ0n) is 28.3. The number of hydrogen-bond donors (Lipinski definition) is 6. The number of β-lactam (4-membered cyclic amide) rings is 1. The summed E-state index contributed by atoms with van der Waals surface area (Å²) in [5, 5.41) is 49.9. The minimum atomic E-state index is -1.78. The third-order valence-corrected chi connectivity index (χ3v) is 12.1. The van der Waals surface area contributed by atoms with E-state index in [9.17, 15) is 34.5 Å². The number of aromatic hydroxyl groups is 2. The summed E-state index contributed by atoms with van der Waals surface area (Å²) in [6.45, 7) is 5.59. The van der Waals surface area contributed by atoms with E-state index in [0.29, 0.717) is 35.6 Å². The molecule has 3 aliphatic heterocycles. The standard InChI is InChI=1S/C31H34Cl2N10O8S2/c1-31(2,29(49)50)51-39-20(21-24(33)53-30(34)36-21)18(44)11-16-27(48)42-22(25-37-40-41-38-25)15(13-52-28(16)42)12-43(6-3-4-7-43)8-5-35-26(47)14-9-17(32)23(46)19(45)10-14/h9-10,16,28H,3-8,11-13H2,1-2H3,(H6-,34,35,36,37,38,39,40,41,44,45,46,47,49,50)/p+1/t16-,28-/m1/s1. The number of oxime groups is 1. The number of fused-ring (bicyclic) bond motifs is 1. The third kappa shape index (κ3) is 7.77. The van der Waals surface area contributed by atoms with Crippen molar-refractivity contribution in [2.24, 2.45) is 11.1 Å². The van der Waals surface area contributed by atoms with Gasteiger partial charge in [-0.25, -0.2) is 9.78 Å². The van der Waals surface area contributed by atoms with Crippen molar-refractivity contribution < 1.29 is 43.8 Å². The number of phenols is 2. The maximum absolute atomic E-state index is 13.9. The molecule has 18 nitrogen and oxygen atoms in total. The van der Waals surface area contributed by atoms with Crippen molar-refractivity contribution in [2.75, 3.05) is 44.2 Å². The third-order valence-electron chi connectivity index (χ3n) is 9.31. The Kier molecular flexibility index (Phi) is 10.9. The lowest BCUT2D eigenvalue weighted by Gasteiger charge is -2.50. The number of carboxylic acid groups (broad SMARTS) is 1. The fraction of sp³-hybridized carbons (Fsp3) is 0.452. The number of carbonyl (C=O) groups excluding carboxylic acids is 3. The van der Waals surface area contributed by atoms with Crippen LogP contribution >= 0.6 is 46.3 Å². The first-order valence-electron chi connectivity index (χ1n) is 16.3. The van der Waals surface area contributed by atoms with Gasteiger partial charge in [0.25, 0.3) is 5.91 Å². The highest BCUT2D eigenvalue weighted by atomic mass is 35.5. The van der Waals surface area contributed by atoms with Crippen LogP contribution in [0, 0.1) is 5.92 Å². The van der Waals surface area contributed by atoms with E-state index in [1.165, 1.54) is 31.7 Å². The van der Waals surface area contributed by atoms with Crippen LogP contribution in [0.4, 0.5) is 5.13 Å². The maximum atomic E-state index is 13.9. The molecule has 2 aromatic heterocycles. The molecule has 2 atom stereocenters. The molecule has 0 aliphatic carbocycles. The molecule has 3 aromatic rings. The van der Waals surface area contributed by atoms with Gasteiger partial charge in [-0.2, -0.15) is 5.21 Å². The number of rotatable bonds is 14. The number of anilines is 1. The number of H-pyrrole nitrogens is 1. The summed E-state index contributed by atoms with van der Waals surface area (Å²) in [7, 11) is 0. The molecule has 2 saturated heterocycles. The Bertz CT molecular complexity index is 1990. The van der Waals surface area contributed by atoms with Gasteiger partial charge in [0.15, 0.2) is 28.1 Å². The molecule has 5 heterocycles. The predicted molar refractivity (Wildman–Crippen MR) is 194 cm³/mol. The highest BCUT2D eigenvalue weighted by Crippen LogP contribution is 2.48. The molecule has 0 unspecified atom stereocenters. The number of nitrogens with one attached hydrogen (secondary N) is 2. The molecule has 6 rings (SSSR count). The molecule has 282 valence electrons. The van der Waals surface area contributed by atoms with Gasteiger partial charge in [-0.3, -0.25) is 19.3 Å². The van der Waals surface area contributed by atoms with Crippen LogP contribution in [0.5, 0.6) is 11.5 Å². The molecule has 2 fully saturated rings. The number of carboxylic acids is 1. The Labute approximate surface area is 319 Å². The first-order valence-corrected chi connectivity index (χ1v) is 18.9. The van der Waals surface area contributed by atoms with E-state index in [4.69, 9.17) is 33.8 Å². The smallest absolute Gasteiger partial charge is 0.350 e. The van der Waals surface area contributed by atoms with E-state index in [-0.39, 0.29) is 49.6 Å². The molecule has 0 spiro atoms. The quantitative estimate of drug-likeness (QED) is 0.0450. The molecule has 1 aromatic carbocycles. The van der Waals surface area contributed by atoms with Crippen LogP contribution in [0.15, 0.2) is 22.9 Å². The number of aromatic nitrogens is 5. The van der Waals surface area contributed by atoms with Crippen molar-refractivity contribution in [3.05, 3.63) is 44.1 Å². The van der Waals surface area contributed by atoms with Gasteiger partial charge in [0.1, 0.15) is 16.6 Å². The zero-order chi connectivity index (χ0) is 38.2. The van der Waals surface area contributed by atoms with Gasteiger partial charge in [0.05, 0.1) is 48.2 Å². The van der Waals surface area contributed by atoms with Crippen LogP contribution in [0.25, 0.3) is 5.70 Å². The number of benzene rings is 1.